The van der Waals surface area contributed by atoms with Crippen LogP contribution < -0.4 is 11.2 Å². The molecule has 206 valence electrons. The Bertz CT molecular complexity index is 1490. The third kappa shape index (κ3) is 6.33. The number of aliphatic hydroxyl groups is 1. The van der Waals surface area contributed by atoms with Crippen molar-refractivity contribution in [2.45, 2.75) is 32.1 Å². The fourth-order valence-corrected chi connectivity index (χ4v) is 3.52. The van der Waals surface area contributed by atoms with Gasteiger partial charge in [-0.15, -0.1) is 0 Å². The molecule has 0 saturated heterocycles. The minimum atomic E-state index is -5.08. The van der Waals surface area contributed by atoms with E-state index in [1.54, 1.807) is 47.1 Å². The lowest BCUT2D eigenvalue weighted by molar-refractivity contribution is -0.192. The van der Waals surface area contributed by atoms with Crippen LogP contribution in [0.1, 0.15) is 18.1 Å². The Morgan fingerprint density at radius 1 is 1.10 bits per heavy atom. The maximum Gasteiger partial charge on any atom is 0.490 e. The smallest absolute Gasteiger partial charge is 0.475 e. The highest BCUT2D eigenvalue weighted by Crippen LogP contribution is 2.34. The number of carboxylic acids is 1. The molecule has 0 aliphatic heterocycles. The minimum absolute atomic E-state index is 0.0865. The SMILES string of the molecule is Cc1ccc(C(C)(O)C(F)F)cc1-c1cnc2c(N)nc(-c3ccc(B(O)O)cc3)cn12.O=C(O)C(F)(F)F. The number of aliphatic carboxylic acids is 1. The summed E-state index contributed by atoms with van der Waals surface area (Å²) >= 11 is 0. The van der Waals surface area contributed by atoms with Crippen LogP contribution in [0.15, 0.2) is 54.9 Å². The van der Waals surface area contributed by atoms with Crippen LogP contribution >= 0.6 is 0 Å². The highest BCUT2D eigenvalue weighted by Gasteiger charge is 2.38. The van der Waals surface area contributed by atoms with E-state index in [1.807, 2.05) is 6.92 Å². The molecule has 0 saturated carbocycles. The van der Waals surface area contributed by atoms with Gasteiger partial charge in [0.1, 0.15) is 5.60 Å². The molecule has 4 aromatic rings. The predicted octanol–water partition coefficient (Wildman–Crippen LogP) is 2.74. The first-order chi connectivity index (χ1) is 18.0. The van der Waals surface area contributed by atoms with Gasteiger partial charge in [-0.1, -0.05) is 36.4 Å². The van der Waals surface area contributed by atoms with Gasteiger partial charge in [-0.05, 0) is 36.5 Å². The van der Waals surface area contributed by atoms with Gasteiger partial charge in [-0.2, -0.15) is 13.2 Å². The highest BCUT2D eigenvalue weighted by atomic mass is 19.4. The number of nitrogens with zero attached hydrogens (tertiary/aromatic N) is 3. The van der Waals surface area contributed by atoms with Crippen molar-refractivity contribution < 1.29 is 47.0 Å². The van der Waals surface area contributed by atoms with Crippen molar-refractivity contribution in [2.75, 3.05) is 5.73 Å². The fourth-order valence-electron chi connectivity index (χ4n) is 3.52. The number of hydrogen-bond donors (Lipinski definition) is 5. The van der Waals surface area contributed by atoms with Crippen LogP contribution in [0, 0.1) is 6.92 Å². The van der Waals surface area contributed by atoms with Crippen LogP contribution in [-0.4, -0.2) is 60.3 Å². The van der Waals surface area contributed by atoms with Gasteiger partial charge >= 0.3 is 19.3 Å². The molecule has 0 spiro atoms. The number of nitrogens with two attached hydrogens (primary N) is 1. The number of fused-ring (bicyclic) bond motifs is 1. The van der Waals surface area contributed by atoms with Gasteiger partial charge in [0.05, 0.1) is 17.6 Å². The number of carbonyl (C=O) groups is 1. The lowest BCUT2D eigenvalue weighted by Gasteiger charge is -2.23. The molecular formula is C24H22BF5N4O5. The Labute approximate surface area is 218 Å². The Hall–Kier alpha value is -4.08. The van der Waals surface area contributed by atoms with Gasteiger partial charge in [0, 0.05) is 17.3 Å². The van der Waals surface area contributed by atoms with Crippen molar-refractivity contribution in [2.24, 2.45) is 0 Å². The third-order valence-electron chi connectivity index (χ3n) is 5.79. The zero-order valence-corrected chi connectivity index (χ0v) is 20.4. The van der Waals surface area contributed by atoms with Gasteiger partial charge in [-0.25, -0.2) is 23.5 Å². The summed E-state index contributed by atoms with van der Waals surface area (Å²) in [6, 6.07) is 11.2. The van der Waals surface area contributed by atoms with Gasteiger partial charge in [-0.3, -0.25) is 4.40 Å². The molecule has 0 radical (unpaired) electrons. The highest BCUT2D eigenvalue weighted by molar-refractivity contribution is 6.58. The number of aryl methyl sites for hydroxylation is 1. The maximum absolute atomic E-state index is 13.4. The molecule has 0 amide bonds. The third-order valence-corrected chi connectivity index (χ3v) is 5.79. The van der Waals surface area contributed by atoms with Gasteiger partial charge < -0.3 is 26.0 Å². The number of rotatable bonds is 5. The van der Waals surface area contributed by atoms with Crippen LogP contribution in [0.4, 0.5) is 27.8 Å². The number of aromatic nitrogens is 3. The molecule has 1 unspecified atom stereocenters. The van der Waals surface area contributed by atoms with Crippen LogP contribution in [-0.2, 0) is 10.4 Å². The lowest BCUT2D eigenvalue weighted by Crippen LogP contribution is -2.30. The van der Waals surface area contributed by atoms with Crippen molar-refractivity contribution in [1.29, 1.82) is 0 Å². The first-order valence-corrected chi connectivity index (χ1v) is 11.1. The minimum Gasteiger partial charge on any atom is -0.475 e. The Kier molecular flexibility index (Phi) is 8.29. The summed E-state index contributed by atoms with van der Waals surface area (Å²) in [6.45, 7) is 2.91. The summed E-state index contributed by atoms with van der Waals surface area (Å²) in [5.41, 5.74) is 7.88. The molecular weight excluding hydrogens is 530 g/mol. The average Bonchev–Trinajstić information content (AvgIpc) is 3.28. The van der Waals surface area contributed by atoms with Crippen molar-refractivity contribution in [3.63, 3.8) is 0 Å². The molecule has 2 heterocycles. The first kappa shape index (κ1) is 29.5. The number of nitrogen functional groups attached to an aromatic ring is 1. The molecule has 0 bridgehead atoms. The van der Waals surface area contributed by atoms with Gasteiger partial charge in [0.25, 0.3) is 6.43 Å². The summed E-state index contributed by atoms with van der Waals surface area (Å²) in [5.74, 6) is -2.58. The normalized spacial score (nSPS) is 13.1. The van der Waals surface area contributed by atoms with Crippen LogP contribution in [0.25, 0.3) is 28.2 Å². The van der Waals surface area contributed by atoms with E-state index < -0.39 is 31.3 Å². The van der Waals surface area contributed by atoms with E-state index in [0.717, 1.165) is 12.5 Å². The molecule has 0 fully saturated rings. The van der Waals surface area contributed by atoms with Crippen LogP contribution in [0.2, 0.25) is 0 Å². The van der Waals surface area contributed by atoms with Crippen LogP contribution in [0.3, 0.4) is 0 Å². The summed E-state index contributed by atoms with van der Waals surface area (Å²) in [6.07, 6.45) is -4.74. The summed E-state index contributed by atoms with van der Waals surface area (Å²) in [5, 5.41) is 36.0. The van der Waals surface area contributed by atoms with E-state index in [9.17, 15) is 37.1 Å². The number of hydrogen-bond acceptors (Lipinski definition) is 7. The number of halogens is 5. The molecule has 0 aliphatic carbocycles. The predicted molar refractivity (Wildman–Crippen MR) is 132 cm³/mol. The molecule has 39 heavy (non-hydrogen) atoms. The summed E-state index contributed by atoms with van der Waals surface area (Å²) in [4.78, 5) is 17.6. The summed E-state index contributed by atoms with van der Waals surface area (Å²) in [7, 11) is -1.58. The second-order valence-corrected chi connectivity index (χ2v) is 8.62. The second kappa shape index (κ2) is 11.0. The molecule has 2 aromatic carbocycles. The zero-order valence-electron chi connectivity index (χ0n) is 20.4. The zero-order chi connectivity index (χ0) is 29.3. The van der Waals surface area contributed by atoms with E-state index in [0.29, 0.717) is 33.6 Å². The quantitative estimate of drug-likeness (QED) is 0.187. The fraction of sp³-hybridized carbons (Fsp3) is 0.208. The molecule has 9 nitrogen and oxygen atoms in total. The largest absolute Gasteiger partial charge is 0.490 e. The van der Waals surface area contributed by atoms with Crippen molar-refractivity contribution in [3.05, 3.63) is 66.0 Å². The molecule has 6 N–H and O–H groups in total. The molecule has 2 aromatic heterocycles. The van der Waals surface area contributed by atoms with E-state index >= 15 is 0 Å². The monoisotopic (exact) mass is 552 g/mol. The van der Waals surface area contributed by atoms with Gasteiger partial charge in [0.15, 0.2) is 11.5 Å². The van der Waals surface area contributed by atoms with Gasteiger partial charge in [0.2, 0.25) is 0 Å². The Balaban J connectivity index is 0.000000532. The number of alkyl halides is 5. The molecule has 0 aliphatic rings. The van der Waals surface area contributed by atoms with Crippen LogP contribution in [0.5, 0.6) is 0 Å². The topological polar surface area (TPSA) is 154 Å². The Morgan fingerprint density at radius 3 is 2.21 bits per heavy atom. The number of imidazole rings is 1. The maximum atomic E-state index is 13.4. The number of anilines is 1. The van der Waals surface area contributed by atoms with Crippen molar-refractivity contribution in [1.82, 2.24) is 14.4 Å². The first-order valence-electron chi connectivity index (χ1n) is 11.1. The van der Waals surface area contributed by atoms with E-state index in [2.05, 4.69) is 9.97 Å². The molecule has 15 heteroatoms. The number of benzene rings is 2. The number of carboxylic acid groups (broad SMARTS) is 1. The lowest BCUT2D eigenvalue weighted by atomic mass is 9.80. The second-order valence-electron chi connectivity index (χ2n) is 8.62. The van der Waals surface area contributed by atoms with E-state index in [1.165, 1.54) is 12.1 Å². The van der Waals surface area contributed by atoms with Crippen molar-refractivity contribution in [3.8, 4) is 22.5 Å². The standard InChI is InChI=1S/C22H21BF2N4O3.C2HF3O2/c1-12-3-6-14(22(2,30)21(24)25)9-16(12)18-10-27-20-19(26)28-17(11-29(18)20)13-4-7-15(8-5-13)23(31)32;3-2(4,5)1(6)7/h3-11,21,30-32H,1-2H3,(H2,26,28);(H,6,7). The summed E-state index contributed by atoms with van der Waals surface area (Å²) < 4.78 is 60.2. The van der Waals surface area contributed by atoms with E-state index in [4.69, 9.17) is 15.6 Å². The van der Waals surface area contributed by atoms with E-state index in [-0.39, 0.29) is 11.4 Å². The molecule has 1 atom stereocenters. The Morgan fingerprint density at radius 2 is 1.69 bits per heavy atom. The molecule has 4 rings (SSSR count). The average molecular weight is 552 g/mol. The van der Waals surface area contributed by atoms with Crippen molar-refractivity contribution >= 4 is 30.0 Å².